The second-order valence-electron chi connectivity index (χ2n) is 5.00. The number of ketones is 1. The van der Waals surface area contributed by atoms with E-state index >= 15 is 0 Å². The Morgan fingerprint density at radius 3 is 2.45 bits per heavy atom. The van der Waals surface area contributed by atoms with Gasteiger partial charge in [-0.1, -0.05) is 48.5 Å². The molecule has 0 saturated heterocycles. The third-order valence-electron chi connectivity index (χ3n) is 3.79. The molecule has 1 heterocycles. The van der Waals surface area contributed by atoms with Crippen LogP contribution in [0.2, 0.25) is 0 Å². The van der Waals surface area contributed by atoms with Crippen LogP contribution in [0.1, 0.15) is 28.3 Å². The van der Waals surface area contributed by atoms with Gasteiger partial charge in [0.1, 0.15) is 0 Å². The highest BCUT2D eigenvalue weighted by atomic mass is 16.2. The van der Waals surface area contributed by atoms with Crippen LogP contribution in [-0.2, 0) is 4.79 Å². The van der Waals surface area contributed by atoms with E-state index in [0.29, 0.717) is 5.56 Å². The molecule has 0 aliphatic carbocycles. The van der Waals surface area contributed by atoms with E-state index in [9.17, 15) is 9.59 Å². The van der Waals surface area contributed by atoms with Crippen molar-refractivity contribution in [3.8, 4) is 0 Å². The van der Waals surface area contributed by atoms with Crippen LogP contribution >= 0.6 is 0 Å². The molecule has 0 spiro atoms. The number of rotatable bonds is 3. The number of hydrogen-bond acceptors (Lipinski definition) is 2. The molecule has 2 aromatic carbocycles. The van der Waals surface area contributed by atoms with Crippen molar-refractivity contribution in [3.05, 3.63) is 65.7 Å². The van der Waals surface area contributed by atoms with Crippen LogP contribution in [0, 0.1) is 0 Å². The lowest BCUT2D eigenvalue weighted by Gasteiger charge is -2.10. The molecule has 0 radical (unpaired) electrons. The van der Waals surface area contributed by atoms with Gasteiger partial charge in [-0.2, -0.15) is 0 Å². The number of nitrogens with zero attached hydrogens (tertiary/aromatic N) is 1. The van der Waals surface area contributed by atoms with Crippen LogP contribution in [0.4, 0.5) is 5.69 Å². The maximum Gasteiger partial charge on any atom is 0.234 e. The van der Waals surface area contributed by atoms with E-state index in [1.54, 1.807) is 24.1 Å². The summed E-state index contributed by atoms with van der Waals surface area (Å²) in [6.07, 6.45) is 0.226. The molecule has 1 aliphatic rings. The molecule has 20 heavy (non-hydrogen) atoms. The fraction of sp³-hybridized carbons (Fsp3) is 0.176. The Balaban J connectivity index is 1.89. The van der Waals surface area contributed by atoms with Gasteiger partial charge in [0.05, 0.1) is 5.92 Å². The summed E-state index contributed by atoms with van der Waals surface area (Å²) >= 11 is 0. The van der Waals surface area contributed by atoms with Gasteiger partial charge >= 0.3 is 0 Å². The van der Waals surface area contributed by atoms with E-state index in [1.165, 1.54) is 0 Å². The summed E-state index contributed by atoms with van der Waals surface area (Å²) in [4.78, 5) is 26.2. The maximum atomic E-state index is 12.3. The Bertz CT molecular complexity index is 664. The average Bonchev–Trinajstić information content (AvgIpc) is 2.74. The summed E-state index contributed by atoms with van der Waals surface area (Å²) in [6.45, 7) is 0. The van der Waals surface area contributed by atoms with Crippen LogP contribution in [-0.4, -0.2) is 18.7 Å². The van der Waals surface area contributed by atoms with Crippen LogP contribution < -0.4 is 4.90 Å². The molecule has 1 amide bonds. The van der Waals surface area contributed by atoms with E-state index in [1.807, 2.05) is 42.5 Å². The van der Waals surface area contributed by atoms with Gasteiger partial charge in [0, 0.05) is 24.7 Å². The highest BCUT2D eigenvalue weighted by Crippen LogP contribution is 2.38. The molecule has 1 aliphatic heterocycles. The number of hydrogen-bond donors (Lipinski definition) is 0. The lowest BCUT2D eigenvalue weighted by atomic mass is 9.93. The van der Waals surface area contributed by atoms with E-state index in [0.717, 1.165) is 11.3 Å². The Morgan fingerprint density at radius 2 is 1.70 bits per heavy atom. The Hall–Kier alpha value is -2.42. The highest BCUT2D eigenvalue weighted by Gasteiger charge is 2.36. The molecule has 3 rings (SSSR count). The second-order valence-corrected chi connectivity index (χ2v) is 5.00. The first-order valence-electron chi connectivity index (χ1n) is 6.63. The van der Waals surface area contributed by atoms with Crippen molar-refractivity contribution in [2.45, 2.75) is 12.3 Å². The molecule has 0 N–H and O–H groups in total. The largest absolute Gasteiger partial charge is 0.315 e. The summed E-state index contributed by atoms with van der Waals surface area (Å²) < 4.78 is 0. The summed E-state index contributed by atoms with van der Waals surface area (Å²) in [7, 11) is 1.76. The summed E-state index contributed by atoms with van der Waals surface area (Å²) in [5.74, 6) is -0.353. The highest BCUT2D eigenvalue weighted by molar-refractivity contribution is 6.08. The molecular formula is C17H15NO2. The molecular weight excluding hydrogens is 250 g/mol. The molecule has 100 valence electrons. The SMILES string of the molecule is CN1C(=O)[C@H](CC(=O)c2ccccc2)c2ccccc21. The zero-order valence-electron chi connectivity index (χ0n) is 11.2. The lowest BCUT2D eigenvalue weighted by molar-refractivity contribution is -0.119. The molecule has 0 fully saturated rings. The topological polar surface area (TPSA) is 37.4 Å². The van der Waals surface area contributed by atoms with E-state index < -0.39 is 0 Å². The van der Waals surface area contributed by atoms with Gasteiger partial charge in [0.25, 0.3) is 0 Å². The third kappa shape index (κ3) is 2.01. The Labute approximate surface area is 117 Å². The number of para-hydroxylation sites is 1. The molecule has 3 nitrogen and oxygen atoms in total. The Kier molecular flexibility index (Phi) is 3.11. The second kappa shape index (κ2) is 4.93. The minimum atomic E-state index is -0.357. The number of carbonyl (C=O) groups is 2. The van der Waals surface area contributed by atoms with Gasteiger partial charge < -0.3 is 4.90 Å². The van der Waals surface area contributed by atoms with Crippen LogP contribution in [0.15, 0.2) is 54.6 Å². The van der Waals surface area contributed by atoms with Crippen LogP contribution in [0.3, 0.4) is 0 Å². The van der Waals surface area contributed by atoms with Gasteiger partial charge in [-0.3, -0.25) is 9.59 Å². The van der Waals surface area contributed by atoms with E-state index in [-0.39, 0.29) is 24.0 Å². The maximum absolute atomic E-state index is 12.3. The number of Topliss-reactive ketones (excluding diaryl/α,β-unsaturated/α-hetero) is 1. The minimum Gasteiger partial charge on any atom is -0.315 e. The minimum absolute atomic E-state index is 0.00418. The fourth-order valence-electron chi connectivity index (χ4n) is 2.70. The molecule has 0 saturated carbocycles. The molecule has 3 heteroatoms. The first-order valence-corrected chi connectivity index (χ1v) is 6.63. The van der Waals surface area contributed by atoms with Crippen LogP contribution in [0.25, 0.3) is 0 Å². The van der Waals surface area contributed by atoms with E-state index in [4.69, 9.17) is 0 Å². The van der Waals surface area contributed by atoms with Gasteiger partial charge in [0.2, 0.25) is 5.91 Å². The number of carbonyl (C=O) groups excluding carboxylic acids is 2. The average molecular weight is 265 g/mol. The number of benzene rings is 2. The Morgan fingerprint density at radius 1 is 1.05 bits per heavy atom. The quantitative estimate of drug-likeness (QED) is 0.800. The number of amides is 1. The molecule has 0 aromatic heterocycles. The third-order valence-corrected chi connectivity index (χ3v) is 3.79. The smallest absolute Gasteiger partial charge is 0.234 e. The van der Waals surface area contributed by atoms with Crippen molar-refractivity contribution in [3.63, 3.8) is 0 Å². The van der Waals surface area contributed by atoms with Crippen LogP contribution in [0.5, 0.6) is 0 Å². The standard InChI is InChI=1S/C17H15NO2/c1-18-15-10-6-5-9-13(15)14(17(18)20)11-16(19)12-7-3-2-4-8-12/h2-10,14H,11H2,1H3/t14-/m1/s1. The van der Waals surface area contributed by atoms with Crippen molar-refractivity contribution < 1.29 is 9.59 Å². The molecule has 1 atom stereocenters. The van der Waals surface area contributed by atoms with Gasteiger partial charge in [-0.15, -0.1) is 0 Å². The lowest BCUT2D eigenvalue weighted by Crippen LogP contribution is -2.25. The van der Waals surface area contributed by atoms with Gasteiger partial charge in [-0.25, -0.2) is 0 Å². The normalized spacial score (nSPS) is 17.1. The van der Waals surface area contributed by atoms with Crippen molar-refractivity contribution in [2.75, 3.05) is 11.9 Å². The predicted octanol–water partition coefficient (Wildman–Crippen LogP) is 3.02. The number of fused-ring (bicyclic) bond motifs is 1. The van der Waals surface area contributed by atoms with Gasteiger partial charge in [0.15, 0.2) is 5.78 Å². The molecule has 0 bridgehead atoms. The van der Waals surface area contributed by atoms with Crippen molar-refractivity contribution in [2.24, 2.45) is 0 Å². The zero-order chi connectivity index (χ0) is 14.1. The summed E-state index contributed by atoms with van der Waals surface area (Å²) in [6, 6.07) is 16.8. The molecule has 2 aromatic rings. The van der Waals surface area contributed by atoms with Gasteiger partial charge in [-0.05, 0) is 11.6 Å². The first-order chi connectivity index (χ1) is 9.68. The monoisotopic (exact) mass is 265 g/mol. The number of anilines is 1. The summed E-state index contributed by atoms with van der Waals surface area (Å²) in [5.41, 5.74) is 2.51. The number of likely N-dealkylation sites (N-methyl/N-ethyl adjacent to an activating group) is 1. The first kappa shape index (κ1) is 12.6. The van der Waals surface area contributed by atoms with E-state index in [2.05, 4.69) is 0 Å². The molecule has 0 unspecified atom stereocenters. The van der Waals surface area contributed by atoms with Crippen molar-refractivity contribution >= 4 is 17.4 Å². The summed E-state index contributed by atoms with van der Waals surface area (Å²) in [5, 5.41) is 0. The predicted molar refractivity (Wildman–Crippen MR) is 78.0 cm³/mol. The fourth-order valence-corrected chi connectivity index (χ4v) is 2.70. The van der Waals surface area contributed by atoms with Crippen molar-refractivity contribution in [1.82, 2.24) is 0 Å². The van der Waals surface area contributed by atoms with Crippen molar-refractivity contribution in [1.29, 1.82) is 0 Å². The zero-order valence-corrected chi connectivity index (χ0v) is 11.2.